The van der Waals surface area contributed by atoms with Crippen LogP contribution in [-0.4, -0.2) is 36.6 Å². The molecule has 2 amide bonds. The maximum absolute atomic E-state index is 12.9. The number of hydrogen-bond acceptors (Lipinski definition) is 4. The summed E-state index contributed by atoms with van der Waals surface area (Å²) < 4.78 is 5.35. The van der Waals surface area contributed by atoms with E-state index in [2.05, 4.69) is 15.6 Å². The molecule has 3 aromatic rings. The fourth-order valence-corrected chi connectivity index (χ4v) is 3.57. The lowest BCUT2D eigenvalue weighted by atomic mass is 10.0. The summed E-state index contributed by atoms with van der Waals surface area (Å²) in [5.41, 5.74) is 1.17. The molecule has 1 aliphatic heterocycles. The van der Waals surface area contributed by atoms with Gasteiger partial charge >= 0.3 is 0 Å². The monoisotopic (exact) mass is 389 g/mol. The minimum absolute atomic E-state index is 0.216. The number of amides is 2. The molecule has 29 heavy (non-hydrogen) atoms. The number of nitrogens with zero attached hydrogens (tertiary/aromatic N) is 1. The highest BCUT2D eigenvalue weighted by Crippen LogP contribution is 2.21. The second kappa shape index (κ2) is 8.84. The second-order valence-electron chi connectivity index (χ2n) is 7.15. The molecule has 4 rings (SSSR count). The number of pyridine rings is 1. The van der Waals surface area contributed by atoms with Gasteiger partial charge in [-0.25, -0.2) is 4.98 Å². The summed E-state index contributed by atoms with van der Waals surface area (Å²) >= 11 is 0. The van der Waals surface area contributed by atoms with Gasteiger partial charge in [0.2, 0.25) is 0 Å². The lowest BCUT2D eigenvalue weighted by Gasteiger charge is -2.22. The number of aromatic nitrogens is 1. The molecule has 1 saturated heterocycles. The van der Waals surface area contributed by atoms with Crippen molar-refractivity contribution in [3.05, 3.63) is 72.1 Å². The summed E-state index contributed by atoms with van der Waals surface area (Å²) in [6, 6.07) is 16.7. The van der Waals surface area contributed by atoms with Crippen molar-refractivity contribution >= 4 is 28.3 Å². The van der Waals surface area contributed by atoms with E-state index in [1.807, 2.05) is 36.4 Å². The van der Waals surface area contributed by atoms with E-state index in [0.29, 0.717) is 23.7 Å². The molecule has 148 valence electrons. The summed E-state index contributed by atoms with van der Waals surface area (Å²) in [6.07, 6.45) is 3.43. The van der Waals surface area contributed by atoms with Crippen molar-refractivity contribution in [2.75, 3.05) is 25.1 Å². The van der Waals surface area contributed by atoms with Gasteiger partial charge in [-0.1, -0.05) is 36.4 Å². The Kier molecular flexibility index (Phi) is 5.81. The van der Waals surface area contributed by atoms with Crippen LogP contribution in [0.25, 0.3) is 10.8 Å². The first-order valence-corrected chi connectivity index (χ1v) is 9.82. The molecule has 2 N–H and O–H groups in total. The van der Waals surface area contributed by atoms with Crippen molar-refractivity contribution in [3.8, 4) is 0 Å². The van der Waals surface area contributed by atoms with Crippen LogP contribution >= 0.6 is 0 Å². The lowest BCUT2D eigenvalue weighted by molar-refractivity contribution is 0.0642. The number of anilines is 1. The predicted octanol–water partition coefficient (Wildman–Crippen LogP) is 3.64. The van der Waals surface area contributed by atoms with Gasteiger partial charge in [-0.2, -0.15) is 0 Å². The molecule has 0 atom stereocenters. The van der Waals surface area contributed by atoms with E-state index in [-0.39, 0.29) is 17.5 Å². The van der Waals surface area contributed by atoms with Crippen molar-refractivity contribution in [2.24, 2.45) is 5.92 Å². The van der Waals surface area contributed by atoms with E-state index >= 15 is 0 Å². The van der Waals surface area contributed by atoms with Gasteiger partial charge in [-0.05, 0) is 47.7 Å². The van der Waals surface area contributed by atoms with Crippen LogP contribution in [0.15, 0.2) is 60.8 Å². The van der Waals surface area contributed by atoms with Crippen molar-refractivity contribution in [3.63, 3.8) is 0 Å². The molecule has 6 heteroatoms. The molecule has 2 heterocycles. The molecule has 0 spiro atoms. The van der Waals surface area contributed by atoms with Crippen LogP contribution in [0.3, 0.4) is 0 Å². The fourth-order valence-electron chi connectivity index (χ4n) is 3.57. The summed E-state index contributed by atoms with van der Waals surface area (Å²) in [7, 11) is 0. The highest BCUT2D eigenvalue weighted by Gasteiger charge is 2.19. The van der Waals surface area contributed by atoms with E-state index < -0.39 is 0 Å². The molecule has 0 unspecified atom stereocenters. The molecule has 0 saturated carbocycles. The van der Waals surface area contributed by atoms with Gasteiger partial charge in [0.25, 0.3) is 11.8 Å². The number of carbonyl (C=O) groups excluding carboxylic acids is 2. The highest BCUT2D eigenvalue weighted by molar-refractivity contribution is 6.14. The zero-order valence-electron chi connectivity index (χ0n) is 16.1. The van der Waals surface area contributed by atoms with Crippen LogP contribution in [-0.2, 0) is 4.74 Å². The SMILES string of the molecule is O=C(NCC1CCOCC1)c1ncccc1NC(=O)c1cccc2ccccc12. The van der Waals surface area contributed by atoms with Crippen LogP contribution in [0.2, 0.25) is 0 Å². The first kappa shape index (κ1) is 19.1. The third-order valence-electron chi connectivity index (χ3n) is 5.20. The van der Waals surface area contributed by atoms with Crippen LogP contribution in [0.5, 0.6) is 0 Å². The van der Waals surface area contributed by atoms with Crippen molar-refractivity contribution < 1.29 is 14.3 Å². The smallest absolute Gasteiger partial charge is 0.272 e. The Morgan fingerprint density at radius 1 is 0.966 bits per heavy atom. The van der Waals surface area contributed by atoms with E-state index in [1.54, 1.807) is 24.4 Å². The number of rotatable bonds is 5. The van der Waals surface area contributed by atoms with Gasteiger partial charge in [-0.15, -0.1) is 0 Å². The average molecular weight is 389 g/mol. The van der Waals surface area contributed by atoms with Gasteiger partial charge in [0, 0.05) is 31.5 Å². The topological polar surface area (TPSA) is 80.3 Å². The molecule has 1 aliphatic rings. The van der Waals surface area contributed by atoms with Gasteiger partial charge in [0.1, 0.15) is 0 Å². The van der Waals surface area contributed by atoms with Crippen molar-refractivity contribution in [2.45, 2.75) is 12.8 Å². The minimum atomic E-state index is -0.287. The number of nitrogens with one attached hydrogen (secondary N) is 2. The van der Waals surface area contributed by atoms with Crippen molar-refractivity contribution in [1.82, 2.24) is 10.3 Å². The number of carbonyl (C=O) groups is 2. The largest absolute Gasteiger partial charge is 0.381 e. The number of ether oxygens (including phenoxy) is 1. The van der Waals surface area contributed by atoms with E-state index in [0.717, 1.165) is 36.8 Å². The molecule has 2 aromatic carbocycles. The molecule has 0 aliphatic carbocycles. The predicted molar refractivity (Wildman–Crippen MR) is 112 cm³/mol. The maximum atomic E-state index is 12.9. The second-order valence-corrected chi connectivity index (χ2v) is 7.15. The number of benzene rings is 2. The first-order valence-electron chi connectivity index (χ1n) is 9.82. The Balaban J connectivity index is 1.50. The van der Waals surface area contributed by atoms with Gasteiger partial charge in [-0.3, -0.25) is 9.59 Å². The summed E-state index contributed by atoms with van der Waals surface area (Å²) in [6.45, 7) is 2.04. The molecular weight excluding hydrogens is 366 g/mol. The average Bonchev–Trinajstić information content (AvgIpc) is 2.78. The van der Waals surface area contributed by atoms with E-state index in [1.165, 1.54) is 0 Å². The summed E-state index contributed by atoms with van der Waals surface area (Å²) in [5.74, 6) is -0.149. The Labute approximate surface area is 169 Å². The van der Waals surface area contributed by atoms with Crippen molar-refractivity contribution in [1.29, 1.82) is 0 Å². The maximum Gasteiger partial charge on any atom is 0.272 e. The standard InChI is InChI=1S/C23H23N3O3/c27-22(19-8-3-6-17-5-1-2-7-18(17)19)26-20-9-4-12-24-21(20)23(28)25-15-16-10-13-29-14-11-16/h1-9,12,16H,10-11,13-15H2,(H,25,28)(H,26,27). The normalized spacial score (nSPS) is 14.5. The molecule has 1 aromatic heterocycles. The first-order chi connectivity index (χ1) is 14.2. The van der Waals surface area contributed by atoms with Crippen LogP contribution in [0.4, 0.5) is 5.69 Å². The van der Waals surface area contributed by atoms with E-state index in [9.17, 15) is 9.59 Å². The van der Waals surface area contributed by atoms with Crippen LogP contribution < -0.4 is 10.6 Å². The number of fused-ring (bicyclic) bond motifs is 1. The van der Waals surface area contributed by atoms with E-state index in [4.69, 9.17) is 4.74 Å². The Hall–Kier alpha value is -3.25. The Morgan fingerprint density at radius 3 is 2.62 bits per heavy atom. The van der Waals surface area contributed by atoms with Gasteiger partial charge in [0.15, 0.2) is 5.69 Å². The molecule has 0 radical (unpaired) electrons. The summed E-state index contributed by atoms with van der Waals surface area (Å²) in [5, 5.41) is 7.65. The van der Waals surface area contributed by atoms with Gasteiger partial charge < -0.3 is 15.4 Å². The third kappa shape index (κ3) is 4.43. The minimum Gasteiger partial charge on any atom is -0.381 e. The zero-order valence-corrected chi connectivity index (χ0v) is 16.1. The highest BCUT2D eigenvalue weighted by atomic mass is 16.5. The van der Waals surface area contributed by atoms with Gasteiger partial charge in [0.05, 0.1) is 5.69 Å². The number of hydrogen-bond donors (Lipinski definition) is 2. The van der Waals surface area contributed by atoms with Crippen LogP contribution in [0.1, 0.15) is 33.7 Å². The molecular formula is C23H23N3O3. The quantitative estimate of drug-likeness (QED) is 0.698. The molecule has 1 fully saturated rings. The zero-order chi connectivity index (χ0) is 20.1. The molecule has 6 nitrogen and oxygen atoms in total. The third-order valence-corrected chi connectivity index (χ3v) is 5.20. The van der Waals surface area contributed by atoms with Crippen LogP contribution in [0, 0.1) is 5.92 Å². The fraction of sp³-hybridized carbons (Fsp3) is 0.261. The molecule has 0 bridgehead atoms. The lowest BCUT2D eigenvalue weighted by Crippen LogP contribution is -2.33. The Bertz CT molecular complexity index is 1020. The summed E-state index contributed by atoms with van der Waals surface area (Å²) in [4.78, 5) is 29.8. The Morgan fingerprint density at radius 2 is 1.76 bits per heavy atom.